The number of rotatable bonds is 4. The predicted octanol–water partition coefficient (Wildman–Crippen LogP) is 4.50. The van der Waals surface area contributed by atoms with Crippen LogP contribution in [0.25, 0.3) is 0 Å². The van der Waals surface area contributed by atoms with Gasteiger partial charge in [0.15, 0.2) is 0 Å². The van der Waals surface area contributed by atoms with Gasteiger partial charge in [-0.2, -0.15) is 0 Å². The van der Waals surface area contributed by atoms with Gasteiger partial charge < -0.3 is 4.74 Å². The van der Waals surface area contributed by atoms with Crippen LogP contribution in [0.3, 0.4) is 0 Å². The Bertz CT molecular complexity index is 534. The predicted molar refractivity (Wildman–Crippen MR) is 71.7 cm³/mol. The van der Waals surface area contributed by atoms with E-state index in [2.05, 4.69) is 0 Å². The van der Waals surface area contributed by atoms with Gasteiger partial charge in [0.1, 0.15) is 17.4 Å². The topological polar surface area (TPSA) is 9.23 Å². The van der Waals surface area contributed by atoms with Crippen LogP contribution in [0.15, 0.2) is 42.5 Å². The maximum absolute atomic E-state index is 13.6. The molecular formula is C15H13ClF2O. The van der Waals surface area contributed by atoms with Crippen molar-refractivity contribution in [3.63, 3.8) is 0 Å². The standard InChI is InChI=1S/C15H13ClF2O/c1-19-11-7-5-10(6-8-11)9-12(16)15-13(17)3-2-4-14(15)18/h2-8,12H,9H2,1H3. The number of methoxy groups -OCH3 is 1. The van der Waals surface area contributed by atoms with Crippen molar-refractivity contribution in [3.8, 4) is 5.75 Å². The van der Waals surface area contributed by atoms with Gasteiger partial charge in [-0.1, -0.05) is 18.2 Å². The van der Waals surface area contributed by atoms with Gasteiger partial charge in [-0.05, 0) is 36.2 Å². The number of benzene rings is 2. The summed E-state index contributed by atoms with van der Waals surface area (Å²) >= 11 is 6.11. The number of hydrogen-bond acceptors (Lipinski definition) is 1. The molecule has 1 nitrogen and oxygen atoms in total. The third-order valence-electron chi connectivity index (χ3n) is 2.89. The second-order valence-corrected chi connectivity index (χ2v) is 4.68. The van der Waals surface area contributed by atoms with Crippen LogP contribution < -0.4 is 4.74 Å². The molecule has 0 amide bonds. The molecule has 1 unspecified atom stereocenters. The Kier molecular flexibility index (Phi) is 4.38. The first-order chi connectivity index (χ1) is 9.11. The van der Waals surface area contributed by atoms with Crippen molar-refractivity contribution in [1.29, 1.82) is 0 Å². The van der Waals surface area contributed by atoms with E-state index in [1.807, 2.05) is 12.1 Å². The van der Waals surface area contributed by atoms with E-state index in [-0.39, 0.29) is 5.56 Å². The summed E-state index contributed by atoms with van der Waals surface area (Å²) in [6, 6.07) is 11.0. The Morgan fingerprint density at radius 2 is 1.63 bits per heavy atom. The monoisotopic (exact) mass is 282 g/mol. The Morgan fingerprint density at radius 3 is 2.16 bits per heavy atom. The van der Waals surface area contributed by atoms with Crippen molar-refractivity contribution < 1.29 is 13.5 Å². The van der Waals surface area contributed by atoms with E-state index in [9.17, 15) is 8.78 Å². The van der Waals surface area contributed by atoms with Gasteiger partial charge >= 0.3 is 0 Å². The van der Waals surface area contributed by atoms with Crippen LogP contribution in [-0.4, -0.2) is 7.11 Å². The summed E-state index contributed by atoms with van der Waals surface area (Å²) in [6.07, 6.45) is 0.351. The fourth-order valence-electron chi connectivity index (χ4n) is 1.88. The molecule has 2 aromatic rings. The summed E-state index contributed by atoms with van der Waals surface area (Å²) in [4.78, 5) is 0. The molecule has 19 heavy (non-hydrogen) atoms. The summed E-state index contributed by atoms with van der Waals surface area (Å²) in [5, 5.41) is -0.741. The molecule has 0 spiro atoms. The van der Waals surface area contributed by atoms with Crippen LogP contribution >= 0.6 is 11.6 Å². The van der Waals surface area contributed by atoms with E-state index < -0.39 is 17.0 Å². The first-order valence-electron chi connectivity index (χ1n) is 5.82. The lowest BCUT2D eigenvalue weighted by Gasteiger charge is -2.12. The highest BCUT2D eigenvalue weighted by Gasteiger charge is 2.18. The van der Waals surface area contributed by atoms with Gasteiger partial charge in [-0.3, -0.25) is 0 Å². The van der Waals surface area contributed by atoms with E-state index >= 15 is 0 Å². The van der Waals surface area contributed by atoms with Crippen molar-refractivity contribution in [1.82, 2.24) is 0 Å². The van der Waals surface area contributed by atoms with Crippen LogP contribution in [0.5, 0.6) is 5.75 Å². The first kappa shape index (κ1) is 13.8. The van der Waals surface area contributed by atoms with Crippen molar-refractivity contribution in [2.24, 2.45) is 0 Å². The minimum Gasteiger partial charge on any atom is -0.497 e. The normalized spacial score (nSPS) is 12.2. The van der Waals surface area contributed by atoms with Gasteiger partial charge in [0.2, 0.25) is 0 Å². The SMILES string of the molecule is COc1ccc(CC(Cl)c2c(F)cccc2F)cc1. The molecule has 0 heterocycles. The Labute approximate surface area is 115 Å². The average molecular weight is 283 g/mol. The summed E-state index contributed by atoms with van der Waals surface area (Å²) in [5.74, 6) is -0.506. The minimum atomic E-state index is -0.741. The molecule has 1 atom stereocenters. The van der Waals surface area contributed by atoms with Crippen LogP contribution in [0, 0.1) is 11.6 Å². The molecule has 0 aliphatic carbocycles. The Balaban J connectivity index is 2.18. The number of halogens is 3. The molecule has 0 aliphatic rings. The van der Waals surface area contributed by atoms with Gasteiger partial charge in [-0.15, -0.1) is 11.6 Å². The fraction of sp³-hybridized carbons (Fsp3) is 0.200. The molecule has 2 rings (SSSR count). The number of hydrogen-bond donors (Lipinski definition) is 0. The molecule has 0 saturated heterocycles. The quantitative estimate of drug-likeness (QED) is 0.751. The lowest BCUT2D eigenvalue weighted by Crippen LogP contribution is -2.02. The molecule has 0 N–H and O–H groups in total. The summed E-state index contributed by atoms with van der Waals surface area (Å²) in [6.45, 7) is 0. The molecule has 0 fully saturated rings. The molecule has 0 aliphatic heterocycles. The lowest BCUT2D eigenvalue weighted by molar-refractivity contribution is 0.414. The first-order valence-corrected chi connectivity index (χ1v) is 6.26. The molecular weight excluding hydrogens is 270 g/mol. The second kappa shape index (κ2) is 6.02. The highest BCUT2D eigenvalue weighted by Crippen LogP contribution is 2.29. The van der Waals surface area contributed by atoms with Crippen LogP contribution in [0.4, 0.5) is 8.78 Å². The van der Waals surface area contributed by atoms with Crippen LogP contribution in [0.1, 0.15) is 16.5 Å². The van der Waals surface area contributed by atoms with Crippen LogP contribution in [0.2, 0.25) is 0 Å². The second-order valence-electron chi connectivity index (χ2n) is 4.16. The Hall–Kier alpha value is -1.61. The molecule has 0 bridgehead atoms. The van der Waals surface area contributed by atoms with Gasteiger partial charge in [0, 0.05) is 5.56 Å². The zero-order chi connectivity index (χ0) is 13.8. The summed E-state index contributed by atoms with van der Waals surface area (Å²) in [7, 11) is 1.58. The average Bonchev–Trinajstić information content (AvgIpc) is 2.39. The van der Waals surface area contributed by atoms with E-state index in [0.717, 1.165) is 11.3 Å². The molecule has 4 heteroatoms. The number of ether oxygens (including phenoxy) is 1. The van der Waals surface area contributed by atoms with Gasteiger partial charge in [0.05, 0.1) is 12.5 Å². The molecule has 2 aromatic carbocycles. The molecule has 0 saturated carbocycles. The largest absolute Gasteiger partial charge is 0.497 e. The van der Waals surface area contributed by atoms with E-state index in [4.69, 9.17) is 16.3 Å². The lowest BCUT2D eigenvalue weighted by atomic mass is 10.0. The van der Waals surface area contributed by atoms with Crippen molar-refractivity contribution in [3.05, 3.63) is 65.2 Å². The smallest absolute Gasteiger partial charge is 0.130 e. The van der Waals surface area contributed by atoms with Crippen molar-refractivity contribution >= 4 is 11.6 Å². The highest BCUT2D eigenvalue weighted by atomic mass is 35.5. The summed E-state index contributed by atoms with van der Waals surface area (Å²) < 4.78 is 32.2. The maximum atomic E-state index is 13.6. The highest BCUT2D eigenvalue weighted by molar-refractivity contribution is 6.21. The van der Waals surface area contributed by atoms with Crippen molar-refractivity contribution in [2.75, 3.05) is 7.11 Å². The fourth-order valence-corrected chi connectivity index (χ4v) is 2.27. The van der Waals surface area contributed by atoms with E-state index in [1.165, 1.54) is 18.2 Å². The zero-order valence-electron chi connectivity index (χ0n) is 10.4. The van der Waals surface area contributed by atoms with Gasteiger partial charge in [0.25, 0.3) is 0 Å². The number of alkyl halides is 1. The Morgan fingerprint density at radius 1 is 1.05 bits per heavy atom. The summed E-state index contributed by atoms with van der Waals surface area (Å²) in [5.41, 5.74) is 0.809. The molecule has 100 valence electrons. The zero-order valence-corrected chi connectivity index (χ0v) is 11.1. The van der Waals surface area contributed by atoms with Crippen molar-refractivity contribution in [2.45, 2.75) is 11.8 Å². The maximum Gasteiger partial charge on any atom is 0.130 e. The molecule has 0 aromatic heterocycles. The van der Waals surface area contributed by atoms with E-state index in [0.29, 0.717) is 6.42 Å². The third-order valence-corrected chi connectivity index (χ3v) is 3.26. The van der Waals surface area contributed by atoms with Gasteiger partial charge in [-0.25, -0.2) is 8.78 Å². The molecule has 0 radical (unpaired) electrons. The van der Waals surface area contributed by atoms with E-state index in [1.54, 1.807) is 19.2 Å². The van der Waals surface area contributed by atoms with Crippen LogP contribution in [-0.2, 0) is 6.42 Å². The minimum absolute atomic E-state index is 0.0833. The third kappa shape index (κ3) is 3.24.